The second-order valence-corrected chi connectivity index (χ2v) is 3.36. The quantitative estimate of drug-likeness (QED) is 0.804. The number of phenols is 1. The van der Waals surface area contributed by atoms with E-state index in [4.69, 9.17) is 10.2 Å². The Morgan fingerprint density at radius 1 is 1.19 bits per heavy atom. The van der Waals surface area contributed by atoms with Crippen molar-refractivity contribution in [2.45, 2.75) is 12.8 Å². The van der Waals surface area contributed by atoms with Crippen LogP contribution in [0.15, 0.2) is 24.3 Å². The zero-order valence-corrected chi connectivity index (χ0v) is 8.88. The summed E-state index contributed by atoms with van der Waals surface area (Å²) in [6.07, 6.45) is -0.214. The van der Waals surface area contributed by atoms with Crippen LogP contribution in [0.2, 0.25) is 0 Å². The predicted octanol–water partition coefficient (Wildman–Crippen LogP) is 1.22. The maximum atomic E-state index is 11.5. The number of benzene rings is 1. The molecular weight excluding hydrogens is 210 g/mol. The molecule has 2 N–H and O–H groups in total. The molecule has 0 aliphatic carbocycles. The van der Waals surface area contributed by atoms with E-state index in [2.05, 4.69) is 0 Å². The van der Waals surface area contributed by atoms with E-state index in [1.165, 1.54) is 17.0 Å². The van der Waals surface area contributed by atoms with Gasteiger partial charge < -0.3 is 15.1 Å². The monoisotopic (exact) mass is 223 g/mol. The van der Waals surface area contributed by atoms with Gasteiger partial charge in [-0.25, -0.2) is 0 Å². The smallest absolute Gasteiger partial charge is 0.303 e. The zero-order valence-electron chi connectivity index (χ0n) is 8.88. The molecule has 0 aliphatic rings. The van der Waals surface area contributed by atoms with Gasteiger partial charge in [-0.1, -0.05) is 0 Å². The Balaban J connectivity index is 2.63. The molecule has 0 unspecified atom stereocenters. The molecule has 1 aromatic carbocycles. The van der Waals surface area contributed by atoms with E-state index in [9.17, 15) is 9.59 Å². The third-order valence-corrected chi connectivity index (χ3v) is 2.16. The van der Waals surface area contributed by atoms with Crippen molar-refractivity contribution in [3.05, 3.63) is 24.3 Å². The summed E-state index contributed by atoms with van der Waals surface area (Å²) in [4.78, 5) is 23.2. The number of rotatable bonds is 4. The van der Waals surface area contributed by atoms with Crippen molar-refractivity contribution in [2.75, 3.05) is 11.9 Å². The molecule has 1 amide bonds. The Bertz CT molecular complexity index is 385. The van der Waals surface area contributed by atoms with Crippen LogP contribution < -0.4 is 4.90 Å². The van der Waals surface area contributed by atoms with Gasteiger partial charge in [0.25, 0.3) is 0 Å². The van der Waals surface area contributed by atoms with E-state index < -0.39 is 5.97 Å². The average Bonchev–Trinajstić information content (AvgIpc) is 2.26. The molecule has 0 fully saturated rings. The van der Waals surface area contributed by atoms with Crippen molar-refractivity contribution >= 4 is 17.6 Å². The summed E-state index contributed by atoms with van der Waals surface area (Å²) in [6, 6.07) is 6.12. The van der Waals surface area contributed by atoms with E-state index in [0.29, 0.717) is 5.69 Å². The third kappa shape index (κ3) is 3.27. The molecule has 0 aliphatic heterocycles. The number of nitrogens with zero attached hydrogens (tertiary/aromatic N) is 1. The van der Waals surface area contributed by atoms with Crippen molar-refractivity contribution in [1.29, 1.82) is 0 Å². The first-order chi connectivity index (χ1) is 7.50. The lowest BCUT2D eigenvalue weighted by Crippen LogP contribution is -2.26. The number of carbonyl (C=O) groups excluding carboxylic acids is 1. The second-order valence-electron chi connectivity index (χ2n) is 3.36. The van der Waals surface area contributed by atoms with E-state index in [1.54, 1.807) is 19.2 Å². The van der Waals surface area contributed by atoms with Gasteiger partial charge in [-0.2, -0.15) is 0 Å². The highest BCUT2D eigenvalue weighted by Crippen LogP contribution is 2.17. The Hall–Kier alpha value is -2.04. The molecule has 0 radical (unpaired) electrons. The van der Waals surface area contributed by atoms with E-state index in [-0.39, 0.29) is 24.5 Å². The van der Waals surface area contributed by atoms with Gasteiger partial charge in [0, 0.05) is 19.2 Å². The fraction of sp³-hybridized carbons (Fsp3) is 0.273. The van der Waals surface area contributed by atoms with Crippen LogP contribution in [0.4, 0.5) is 5.69 Å². The van der Waals surface area contributed by atoms with Crippen LogP contribution in [-0.4, -0.2) is 29.1 Å². The number of hydrogen-bond acceptors (Lipinski definition) is 3. The summed E-state index contributed by atoms with van der Waals surface area (Å²) >= 11 is 0. The highest BCUT2D eigenvalue weighted by atomic mass is 16.4. The SMILES string of the molecule is CN(C(=O)CCC(=O)O)c1ccc(O)cc1. The third-order valence-electron chi connectivity index (χ3n) is 2.16. The predicted molar refractivity (Wildman–Crippen MR) is 58.4 cm³/mol. The molecule has 5 nitrogen and oxygen atoms in total. The lowest BCUT2D eigenvalue weighted by molar-refractivity contribution is -0.138. The van der Waals surface area contributed by atoms with Gasteiger partial charge >= 0.3 is 5.97 Å². The molecule has 0 bridgehead atoms. The number of anilines is 1. The van der Waals surface area contributed by atoms with E-state index in [1.807, 2.05) is 0 Å². The van der Waals surface area contributed by atoms with Gasteiger partial charge in [-0.05, 0) is 24.3 Å². The lowest BCUT2D eigenvalue weighted by atomic mass is 10.2. The first kappa shape index (κ1) is 12.0. The highest BCUT2D eigenvalue weighted by Gasteiger charge is 2.12. The first-order valence-corrected chi connectivity index (χ1v) is 4.78. The van der Waals surface area contributed by atoms with Crippen molar-refractivity contribution in [3.8, 4) is 5.75 Å². The van der Waals surface area contributed by atoms with Gasteiger partial charge in [0.15, 0.2) is 0 Å². The molecular formula is C11H13NO4. The summed E-state index contributed by atoms with van der Waals surface area (Å²) in [6.45, 7) is 0. The van der Waals surface area contributed by atoms with Crippen LogP contribution >= 0.6 is 0 Å². The number of carboxylic acids is 1. The van der Waals surface area contributed by atoms with E-state index in [0.717, 1.165) is 0 Å². The Kier molecular flexibility index (Phi) is 3.88. The molecule has 0 saturated heterocycles. The number of carbonyl (C=O) groups is 2. The molecule has 0 atom stereocenters. The summed E-state index contributed by atoms with van der Waals surface area (Å²) in [5.41, 5.74) is 0.619. The molecule has 16 heavy (non-hydrogen) atoms. The van der Waals surface area contributed by atoms with Crippen molar-refractivity contribution in [1.82, 2.24) is 0 Å². The minimum absolute atomic E-state index is 0.0350. The van der Waals surface area contributed by atoms with Gasteiger partial charge in [0.05, 0.1) is 6.42 Å². The Morgan fingerprint density at radius 3 is 2.25 bits per heavy atom. The molecule has 0 heterocycles. The Labute approximate surface area is 92.9 Å². The summed E-state index contributed by atoms with van der Waals surface area (Å²) < 4.78 is 0. The maximum Gasteiger partial charge on any atom is 0.303 e. The van der Waals surface area contributed by atoms with E-state index >= 15 is 0 Å². The minimum Gasteiger partial charge on any atom is -0.508 e. The Morgan fingerprint density at radius 2 is 1.75 bits per heavy atom. The normalized spacial score (nSPS) is 9.81. The summed E-state index contributed by atoms with van der Waals surface area (Å²) in [7, 11) is 1.57. The number of phenolic OH excluding ortho intramolecular Hbond substituents is 1. The number of carboxylic acid groups (broad SMARTS) is 1. The maximum absolute atomic E-state index is 11.5. The van der Waals surface area contributed by atoms with Crippen LogP contribution in [0.25, 0.3) is 0 Å². The topological polar surface area (TPSA) is 77.8 Å². The second kappa shape index (κ2) is 5.16. The summed E-state index contributed by atoms with van der Waals surface area (Å²) in [5, 5.41) is 17.5. The van der Waals surface area contributed by atoms with Crippen LogP contribution in [0.3, 0.4) is 0 Å². The van der Waals surface area contributed by atoms with Gasteiger partial charge in [0.2, 0.25) is 5.91 Å². The van der Waals surface area contributed by atoms with Gasteiger partial charge in [-0.3, -0.25) is 9.59 Å². The molecule has 1 aromatic rings. The average molecular weight is 223 g/mol. The largest absolute Gasteiger partial charge is 0.508 e. The zero-order chi connectivity index (χ0) is 12.1. The standard InChI is InChI=1S/C11H13NO4/c1-12(10(14)6-7-11(15)16)8-2-4-9(13)5-3-8/h2-5,13H,6-7H2,1H3,(H,15,16). The van der Waals surface area contributed by atoms with Crippen LogP contribution in [0.5, 0.6) is 5.75 Å². The molecule has 5 heteroatoms. The summed E-state index contributed by atoms with van der Waals surface area (Å²) in [5.74, 6) is -1.14. The number of aromatic hydroxyl groups is 1. The van der Waals surface area contributed by atoms with Crippen molar-refractivity contribution < 1.29 is 19.8 Å². The number of hydrogen-bond donors (Lipinski definition) is 2. The van der Waals surface area contributed by atoms with Gasteiger partial charge in [0.1, 0.15) is 5.75 Å². The highest BCUT2D eigenvalue weighted by molar-refractivity contribution is 5.94. The molecule has 1 rings (SSSR count). The van der Waals surface area contributed by atoms with Gasteiger partial charge in [-0.15, -0.1) is 0 Å². The number of amides is 1. The number of aliphatic carboxylic acids is 1. The molecule has 0 spiro atoms. The lowest BCUT2D eigenvalue weighted by Gasteiger charge is -2.16. The molecule has 86 valence electrons. The fourth-order valence-electron chi connectivity index (χ4n) is 1.20. The van der Waals surface area contributed by atoms with Crippen LogP contribution in [0, 0.1) is 0 Å². The fourth-order valence-corrected chi connectivity index (χ4v) is 1.20. The molecule has 0 aromatic heterocycles. The molecule has 0 saturated carbocycles. The van der Waals surface area contributed by atoms with Crippen molar-refractivity contribution in [3.63, 3.8) is 0 Å². The van der Waals surface area contributed by atoms with Crippen molar-refractivity contribution in [2.24, 2.45) is 0 Å². The first-order valence-electron chi connectivity index (χ1n) is 4.78. The van der Waals surface area contributed by atoms with Crippen LogP contribution in [0.1, 0.15) is 12.8 Å². The minimum atomic E-state index is -0.993. The van der Waals surface area contributed by atoms with Crippen LogP contribution in [-0.2, 0) is 9.59 Å².